The maximum Gasteiger partial charge on any atom is 0.268 e. The lowest BCUT2D eigenvalue weighted by atomic mass is 10.2. The zero-order valence-corrected chi connectivity index (χ0v) is 11.1. The highest BCUT2D eigenvalue weighted by Gasteiger charge is 2.01. The molecule has 1 heterocycles. The number of unbranched alkanes of at least 4 members (excludes halogenated alkanes) is 3. The van der Waals surface area contributed by atoms with E-state index >= 15 is 0 Å². The van der Waals surface area contributed by atoms with Crippen molar-refractivity contribution in [2.75, 3.05) is 5.32 Å². The summed E-state index contributed by atoms with van der Waals surface area (Å²) in [5.74, 6) is 0. The number of nitrogens with one attached hydrogen (secondary N) is 1. The SMILES string of the molecule is CCCCCCn1ncc(NC(C)C)cc1=O. The van der Waals surface area contributed by atoms with Crippen LogP contribution in [0.3, 0.4) is 0 Å². The Morgan fingerprint density at radius 1 is 1.35 bits per heavy atom. The summed E-state index contributed by atoms with van der Waals surface area (Å²) in [5.41, 5.74) is 0.780. The van der Waals surface area contributed by atoms with Crippen LogP contribution in [0.4, 0.5) is 5.69 Å². The Morgan fingerprint density at radius 2 is 2.12 bits per heavy atom. The van der Waals surface area contributed by atoms with Crippen molar-refractivity contribution >= 4 is 5.69 Å². The molecule has 0 atom stereocenters. The van der Waals surface area contributed by atoms with Crippen LogP contribution >= 0.6 is 0 Å². The van der Waals surface area contributed by atoms with Gasteiger partial charge in [-0.2, -0.15) is 5.10 Å². The number of aromatic nitrogens is 2. The van der Waals surface area contributed by atoms with E-state index in [-0.39, 0.29) is 5.56 Å². The van der Waals surface area contributed by atoms with Crippen molar-refractivity contribution in [1.82, 2.24) is 9.78 Å². The van der Waals surface area contributed by atoms with Gasteiger partial charge >= 0.3 is 0 Å². The van der Waals surface area contributed by atoms with Gasteiger partial charge in [0.2, 0.25) is 0 Å². The van der Waals surface area contributed by atoms with Crippen molar-refractivity contribution in [3.05, 3.63) is 22.6 Å². The molecule has 0 aliphatic carbocycles. The first-order valence-corrected chi connectivity index (χ1v) is 6.47. The fourth-order valence-electron chi connectivity index (χ4n) is 1.70. The van der Waals surface area contributed by atoms with Gasteiger partial charge in [-0.15, -0.1) is 0 Å². The second kappa shape index (κ2) is 7.09. The highest BCUT2D eigenvalue weighted by Crippen LogP contribution is 2.03. The second-order valence-electron chi connectivity index (χ2n) is 4.67. The Balaban J connectivity index is 2.54. The van der Waals surface area contributed by atoms with Gasteiger partial charge in [-0.3, -0.25) is 4.79 Å². The maximum atomic E-state index is 11.7. The smallest absolute Gasteiger partial charge is 0.268 e. The lowest BCUT2D eigenvalue weighted by molar-refractivity contribution is 0.519. The highest BCUT2D eigenvalue weighted by molar-refractivity contribution is 5.39. The van der Waals surface area contributed by atoms with Crippen LogP contribution in [0.1, 0.15) is 46.5 Å². The molecule has 1 aromatic rings. The first kappa shape index (κ1) is 13.7. The zero-order valence-electron chi connectivity index (χ0n) is 11.1. The van der Waals surface area contributed by atoms with Crippen molar-refractivity contribution in [3.8, 4) is 0 Å². The van der Waals surface area contributed by atoms with Crippen LogP contribution in [0, 0.1) is 0 Å². The van der Waals surface area contributed by atoms with Crippen LogP contribution in [0.15, 0.2) is 17.1 Å². The topological polar surface area (TPSA) is 46.9 Å². The van der Waals surface area contributed by atoms with Gasteiger partial charge in [-0.1, -0.05) is 26.2 Å². The molecule has 0 saturated carbocycles. The van der Waals surface area contributed by atoms with E-state index in [9.17, 15) is 4.79 Å². The first-order chi connectivity index (χ1) is 8.13. The molecule has 96 valence electrons. The molecule has 4 heteroatoms. The largest absolute Gasteiger partial charge is 0.381 e. The average molecular weight is 237 g/mol. The number of hydrogen-bond acceptors (Lipinski definition) is 3. The third-order valence-corrected chi connectivity index (χ3v) is 2.55. The molecular formula is C13H23N3O. The number of nitrogens with zero attached hydrogens (tertiary/aromatic N) is 2. The Morgan fingerprint density at radius 3 is 2.71 bits per heavy atom. The molecule has 1 rings (SSSR count). The molecule has 0 bridgehead atoms. The molecule has 17 heavy (non-hydrogen) atoms. The summed E-state index contributed by atoms with van der Waals surface area (Å²) in [6.45, 7) is 6.98. The third-order valence-electron chi connectivity index (χ3n) is 2.55. The summed E-state index contributed by atoms with van der Waals surface area (Å²) in [5, 5.41) is 7.34. The monoisotopic (exact) mass is 237 g/mol. The normalized spacial score (nSPS) is 10.8. The molecule has 4 nitrogen and oxygen atoms in total. The minimum atomic E-state index is -0.0212. The van der Waals surface area contributed by atoms with Crippen LogP contribution in [0.2, 0.25) is 0 Å². The predicted molar refractivity (Wildman–Crippen MR) is 71.4 cm³/mol. The van der Waals surface area contributed by atoms with Gasteiger partial charge in [0.25, 0.3) is 5.56 Å². The Kier molecular flexibility index (Phi) is 5.73. The van der Waals surface area contributed by atoms with E-state index in [1.54, 1.807) is 16.9 Å². The summed E-state index contributed by atoms with van der Waals surface area (Å²) in [7, 11) is 0. The summed E-state index contributed by atoms with van der Waals surface area (Å²) in [6.07, 6.45) is 6.34. The van der Waals surface area contributed by atoms with Gasteiger partial charge in [-0.25, -0.2) is 4.68 Å². The van der Waals surface area contributed by atoms with Crippen molar-refractivity contribution in [2.45, 2.75) is 59.0 Å². The fraction of sp³-hybridized carbons (Fsp3) is 0.692. The van der Waals surface area contributed by atoms with Gasteiger partial charge < -0.3 is 5.32 Å². The number of anilines is 1. The van der Waals surface area contributed by atoms with Gasteiger partial charge in [0.05, 0.1) is 11.9 Å². The molecule has 0 aliphatic rings. The minimum Gasteiger partial charge on any atom is -0.381 e. The van der Waals surface area contributed by atoms with Gasteiger partial charge in [0.15, 0.2) is 0 Å². The first-order valence-electron chi connectivity index (χ1n) is 6.47. The second-order valence-corrected chi connectivity index (χ2v) is 4.67. The Labute approximate surface area is 103 Å². The molecule has 0 aliphatic heterocycles. The highest BCUT2D eigenvalue weighted by atomic mass is 16.1. The molecule has 0 aromatic carbocycles. The van der Waals surface area contributed by atoms with Crippen molar-refractivity contribution in [3.63, 3.8) is 0 Å². The minimum absolute atomic E-state index is 0.0212. The number of hydrogen-bond donors (Lipinski definition) is 1. The predicted octanol–water partition coefficient (Wildman–Crippen LogP) is 2.64. The van der Waals surface area contributed by atoms with E-state index in [0.29, 0.717) is 6.04 Å². The van der Waals surface area contributed by atoms with E-state index in [1.807, 2.05) is 13.8 Å². The van der Waals surface area contributed by atoms with Crippen molar-refractivity contribution < 1.29 is 0 Å². The molecule has 0 fully saturated rings. The number of aryl methyl sites for hydroxylation is 1. The van der Waals surface area contributed by atoms with E-state index in [1.165, 1.54) is 12.8 Å². The van der Waals surface area contributed by atoms with Crippen molar-refractivity contribution in [1.29, 1.82) is 0 Å². The average Bonchev–Trinajstić information content (AvgIpc) is 2.26. The lowest BCUT2D eigenvalue weighted by Crippen LogP contribution is -2.23. The fourth-order valence-corrected chi connectivity index (χ4v) is 1.70. The van der Waals surface area contributed by atoms with E-state index in [0.717, 1.165) is 25.1 Å². The summed E-state index contributed by atoms with van der Waals surface area (Å²) < 4.78 is 1.54. The summed E-state index contributed by atoms with van der Waals surface area (Å²) >= 11 is 0. The molecule has 0 amide bonds. The quantitative estimate of drug-likeness (QED) is 0.742. The summed E-state index contributed by atoms with van der Waals surface area (Å²) in [4.78, 5) is 11.7. The standard InChI is InChI=1S/C13H23N3O/c1-4-5-6-7-8-16-13(17)9-12(10-14-16)15-11(2)3/h9-11,15H,4-8H2,1-3H3. The molecule has 0 saturated heterocycles. The van der Waals surface area contributed by atoms with E-state index in [2.05, 4.69) is 17.3 Å². The van der Waals surface area contributed by atoms with Crippen LogP contribution < -0.4 is 10.9 Å². The Bertz CT molecular complexity index is 384. The Hall–Kier alpha value is -1.32. The molecule has 0 unspecified atom stereocenters. The lowest BCUT2D eigenvalue weighted by Gasteiger charge is -2.10. The molecule has 0 radical (unpaired) electrons. The molecule has 1 N–H and O–H groups in total. The molecule has 0 spiro atoms. The zero-order chi connectivity index (χ0) is 12.7. The summed E-state index contributed by atoms with van der Waals surface area (Å²) in [6, 6.07) is 1.93. The van der Waals surface area contributed by atoms with Gasteiger partial charge in [0, 0.05) is 18.7 Å². The van der Waals surface area contributed by atoms with Gasteiger partial charge in [0.1, 0.15) is 0 Å². The number of rotatable bonds is 7. The third kappa shape index (κ3) is 5.02. The van der Waals surface area contributed by atoms with Crippen LogP contribution in [0.5, 0.6) is 0 Å². The van der Waals surface area contributed by atoms with Crippen molar-refractivity contribution in [2.24, 2.45) is 0 Å². The van der Waals surface area contributed by atoms with Crippen LogP contribution in [0.25, 0.3) is 0 Å². The molecule has 1 aromatic heterocycles. The van der Waals surface area contributed by atoms with E-state index in [4.69, 9.17) is 0 Å². The van der Waals surface area contributed by atoms with Crippen LogP contribution in [-0.4, -0.2) is 15.8 Å². The van der Waals surface area contributed by atoms with Gasteiger partial charge in [-0.05, 0) is 20.3 Å². The molecular weight excluding hydrogens is 214 g/mol. The van der Waals surface area contributed by atoms with Crippen LogP contribution in [-0.2, 0) is 6.54 Å². The van der Waals surface area contributed by atoms with E-state index < -0.39 is 0 Å². The maximum absolute atomic E-state index is 11.7.